The lowest BCUT2D eigenvalue weighted by molar-refractivity contribution is -0.141. The summed E-state index contributed by atoms with van der Waals surface area (Å²) < 4.78 is 5.75. The topological polar surface area (TPSA) is 72.5 Å². The van der Waals surface area contributed by atoms with Gasteiger partial charge in [0.25, 0.3) is 5.91 Å². The van der Waals surface area contributed by atoms with E-state index in [4.69, 9.17) is 4.74 Å². The fourth-order valence-electron chi connectivity index (χ4n) is 2.42. The van der Waals surface area contributed by atoms with Crippen LogP contribution in [0.15, 0.2) is 40.9 Å². The first-order valence-corrected chi connectivity index (χ1v) is 8.87. The number of aryl methyl sites for hydroxylation is 3. The van der Waals surface area contributed by atoms with Gasteiger partial charge in [0, 0.05) is 15.6 Å². The van der Waals surface area contributed by atoms with Crippen LogP contribution < -0.4 is 5.32 Å². The smallest absolute Gasteiger partial charge is 0.325 e. The lowest BCUT2D eigenvalue weighted by Gasteiger charge is -2.10. The van der Waals surface area contributed by atoms with Crippen molar-refractivity contribution in [1.82, 2.24) is 5.32 Å². The summed E-state index contributed by atoms with van der Waals surface area (Å²) >= 11 is 3.28. The highest BCUT2D eigenvalue weighted by Gasteiger charge is 2.14. The van der Waals surface area contributed by atoms with E-state index in [-0.39, 0.29) is 24.8 Å². The maximum absolute atomic E-state index is 12.3. The molecule has 0 bridgehead atoms. The van der Waals surface area contributed by atoms with Gasteiger partial charge in [-0.25, -0.2) is 0 Å². The number of carbonyl (C=O) groups excluding carboxylic acids is 3. The predicted octanol–water partition coefficient (Wildman–Crippen LogP) is 3.53. The molecule has 0 aliphatic heterocycles. The van der Waals surface area contributed by atoms with Gasteiger partial charge in [0.2, 0.25) is 5.78 Å². The van der Waals surface area contributed by atoms with Crippen molar-refractivity contribution in [2.24, 2.45) is 0 Å². The molecule has 6 heteroatoms. The Morgan fingerprint density at radius 2 is 1.69 bits per heavy atom. The number of esters is 1. The standard InChI is InChI=1S/C20H20BrNO4/c1-12-7-14(3)17(8-13(12)2)18(23)11-26-19(24)10-22-20(25)15-5-4-6-16(21)9-15/h4-9H,10-11H2,1-3H3,(H,22,25). The molecule has 0 aliphatic carbocycles. The average Bonchev–Trinajstić information content (AvgIpc) is 2.60. The third kappa shape index (κ3) is 5.26. The summed E-state index contributed by atoms with van der Waals surface area (Å²) in [5.74, 6) is -1.32. The van der Waals surface area contributed by atoms with Crippen molar-refractivity contribution in [3.8, 4) is 0 Å². The molecule has 0 saturated carbocycles. The van der Waals surface area contributed by atoms with Gasteiger partial charge in [0.15, 0.2) is 6.61 Å². The molecular formula is C20H20BrNO4. The van der Waals surface area contributed by atoms with Crippen LogP contribution in [0.4, 0.5) is 0 Å². The fourth-order valence-corrected chi connectivity index (χ4v) is 2.82. The van der Waals surface area contributed by atoms with Gasteiger partial charge >= 0.3 is 5.97 Å². The largest absolute Gasteiger partial charge is 0.456 e. The highest BCUT2D eigenvalue weighted by molar-refractivity contribution is 9.10. The van der Waals surface area contributed by atoms with E-state index in [0.29, 0.717) is 11.1 Å². The Morgan fingerprint density at radius 3 is 2.38 bits per heavy atom. The minimum Gasteiger partial charge on any atom is -0.456 e. The summed E-state index contributed by atoms with van der Waals surface area (Å²) in [6, 6.07) is 10.5. The summed E-state index contributed by atoms with van der Waals surface area (Å²) in [6.07, 6.45) is 0. The second-order valence-corrected chi connectivity index (χ2v) is 6.94. The molecule has 1 amide bonds. The number of hydrogen-bond donors (Lipinski definition) is 1. The highest BCUT2D eigenvalue weighted by Crippen LogP contribution is 2.16. The van der Waals surface area contributed by atoms with E-state index in [1.807, 2.05) is 26.8 Å². The quantitative estimate of drug-likeness (QED) is 0.576. The number of amides is 1. The summed E-state index contributed by atoms with van der Waals surface area (Å²) in [4.78, 5) is 36.0. The van der Waals surface area contributed by atoms with Crippen LogP contribution in [0.2, 0.25) is 0 Å². The van der Waals surface area contributed by atoms with Gasteiger partial charge in [-0.1, -0.05) is 28.1 Å². The molecule has 0 unspecified atom stereocenters. The van der Waals surface area contributed by atoms with Crippen molar-refractivity contribution in [2.45, 2.75) is 20.8 Å². The first-order valence-electron chi connectivity index (χ1n) is 8.08. The molecule has 136 valence electrons. The van der Waals surface area contributed by atoms with Crippen LogP contribution in [-0.4, -0.2) is 30.8 Å². The Morgan fingerprint density at radius 1 is 1.00 bits per heavy atom. The molecule has 2 aromatic carbocycles. The first kappa shape index (κ1) is 19.8. The summed E-state index contributed by atoms with van der Waals surface area (Å²) in [5.41, 5.74) is 3.92. The number of ether oxygens (including phenoxy) is 1. The normalized spacial score (nSPS) is 10.3. The Hall–Kier alpha value is -2.47. The van der Waals surface area contributed by atoms with E-state index in [2.05, 4.69) is 21.2 Å². The molecule has 0 saturated heterocycles. The zero-order valence-electron chi connectivity index (χ0n) is 14.9. The van der Waals surface area contributed by atoms with Gasteiger partial charge in [-0.05, 0) is 61.7 Å². The number of Topliss-reactive ketones (excluding diaryl/α,β-unsaturated/α-hetero) is 1. The third-order valence-electron chi connectivity index (χ3n) is 3.99. The van der Waals surface area contributed by atoms with Crippen molar-refractivity contribution in [3.63, 3.8) is 0 Å². The molecule has 0 fully saturated rings. The zero-order chi connectivity index (χ0) is 19.3. The van der Waals surface area contributed by atoms with E-state index < -0.39 is 5.97 Å². The van der Waals surface area contributed by atoms with Gasteiger partial charge in [-0.3, -0.25) is 14.4 Å². The second kappa shape index (κ2) is 8.76. The fraction of sp³-hybridized carbons (Fsp3) is 0.250. The molecule has 5 nitrogen and oxygen atoms in total. The number of rotatable bonds is 6. The van der Waals surface area contributed by atoms with Gasteiger partial charge in [-0.2, -0.15) is 0 Å². The Labute approximate surface area is 160 Å². The highest BCUT2D eigenvalue weighted by atomic mass is 79.9. The number of benzene rings is 2. The maximum Gasteiger partial charge on any atom is 0.325 e. The van der Waals surface area contributed by atoms with E-state index in [9.17, 15) is 14.4 Å². The third-order valence-corrected chi connectivity index (χ3v) is 4.48. The number of carbonyl (C=O) groups is 3. The van der Waals surface area contributed by atoms with Crippen LogP contribution in [0, 0.1) is 20.8 Å². The van der Waals surface area contributed by atoms with E-state index in [1.165, 1.54) is 0 Å². The number of ketones is 1. The molecular weight excluding hydrogens is 398 g/mol. The summed E-state index contributed by atoms with van der Waals surface area (Å²) in [6.45, 7) is 5.10. The predicted molar refractivity (Wildman–Crippen MR) is 102 cm³/mol. The first-order chi connectivity index (χ1) is 12.3. The minimum atomic E-state index is -0.664. The SMILES string of the molecule is Cc1cc(C)c(C(=O)COC(=O)CNC(=O)c2cccc(Br)c2)cc1C. The molecule has 2 aromatic rings. The molecule has 0 aromatic heterocycles. The van der Waals surface area contributed by atoms with Crippen LogP contribution in [0.5, 0.6) is 0 Å². The lowest BCUT2D eigenvalue weighted by atomic mass is 9.98. The zero-order valence-corrected chi connectivity index (χ0v) is 16.5. The van der Waals surface area contributed by atoms with Crippen molar-refractivity contribution in [1.29, 1.82) is 0 Å². The van der Waals surface area contributed by atoms with Gasteiger partial charge in [-0.15, -0.1) is 0 Å². The average molecular weight is 418 g/mol. The number of halogens is 1. The molecule has 0 spiro atoms. The van der Waals surface area contributed by atoms with Gasteiger partial charge in [0.1, 0.15) is 6.54 Å². The Kier molecular flexibility index (Phi) is 6.69. The molecule has 0 radical (unpaired) electrons. The van der Waals surface area contributed by atoms with Crippen molar-refractivity contribution in [3.05, 3.63) is 68.7 Å². The summed E-state index contributed by atoms with van der Waals surface area (Å²) in [5, 5.41) is 2.47. The van der Waals surface area contributed by atoms with Crippen LogP contribution in [0.1, 0.15) is 37.4 Å². The van der Waals surface area contributed by atoms with Crippen LogP contribution in [0.25, 0.3) is 0 Å². The molecule has 0 aliphatic rings. The summed E-state index contributed by atoms with van der Waals surface area (Å²) in [7, 11) is 0. The second-order valence-electron chi connectivity index (χ2n) is 6.03. The van der Waals surface area contributed by atoms with Gasteiger partial charge in [0.05, 0.1) is 0 Å². The van der Waals surface area contributed by atoms with Crippen molar-refractivity contribution >= 4 is 33.6 Å². The Balaban J connectivity index is 1.86. The molecule has 26 heavy (non-hydrogen) atoms. The van der Waals surface area contributed by atoms with E-state index >= 15 is 0 Å². The molecule has 0 atom stereocenters. The number of nitrogens with one attached hydrogen (secondary N) is 1. The van der Waals surface area contributed by atoms with E-state index in [0.717, 1.165) is 21.2 Å². The molecule has 1 N–H and O–H groups in total. The van der Waals surface area contributed by atoms with Crippen molar-refractivity contribution in [2.75, 3.05) is 13.2 Å². The minimum absolute atomic E-state index is 0.266. The lowest BCUT2D eigenvalue weighted by Crippen LogP contribution is -2.31. The van der Waals surface area contributed by atoms with Crippen molar-refractivity contribution < 1.29 is 19.1 Å². The Bertz CT molecular complexity index is 861. The molecule has 2 rings (SSSR count). The van der Waals surface area contributed by atoms with Gasteiger partial charge < -0.3 is 10.1 Å². The monoisotopic (exact) mass is 417 g/mol. The van der Waals surface area contributed by atoms with E-state index in [1.54, 1.807) is 30.3 Å². The van der Waals surface area contributed by atoms with Crippen LogP contribution in [-0.2, 0) is 9.53 Å². The van der Waals surface area contributed by atoms with Crippen LogP contribution >= 0.6 is 15.9 Å². The van der Waals surface area contributed by atoms with Crippen LogP contribution in [0.3, 0.4) is 0 Å². The molecule has 0 heterocycles. The maximum atomic E-state index is 12.3. The number of hydrogen-bond acceptors (Lipinski definition) is 4.